The van der Waals surface area contributed by atoms with Gasteiger partial charge in [0.25, 0.3) is 0 Å². The number of anilines is 2. The number of halogens is 5. The normalized spacial score (nSPS) is 15.4. The Kier molecular flexibility index (Phi) is 6.74. The van der Waals surface area contributed by atoms with Crippen LogP contribution in [-0.2, 0) is 11.0 Å². The van der Waals surface area contributed by atoms with Crippen molar-refractivity contribution in [1.82, 2.24) is 9.88 Å². The van der Waals surface area contributed by atoms with Gasteiger partial charge in [0.15, 0.2) is 0 Å². The van der Waals surface area contributed by atoms with E-state index >= 15 is 0 Å². The second-order valence-corrected chi connectivity index (χ2v) is 7.57. The van der Waals surface area contributed by atoms with Gasteiger partial charge in [-0.1, -0.05) is 15.9 Å². The summed E-state index contributed by atoms with van der Waals surface area (Å²) in [5, 5.41) is 2.56. The van der Waals surface area contributed by atoms with E-state index in [1.807, 2.05) is 4.90 Å². The summed E-state index contributed by atoms with van der Waals surface area (Å²) in [5.74, 6) is -0.287. The molecule has 1 fully saturated rings. The van der Waals surface area contributed by atoms with Crippen molar-refractivity contribution in [3.8, 4) is 0 Å². The second kappa shape index (κ2) is 9.08. The fraction of sp³-hybridized carbons (Fsp3) is 0.368. The fourth-order valence-corrected chi connectivity index (χ4v) is 3.34. The molecule has 1 aromatic heterocycles. The third kappa shape index (κ3) is 5.89. The molecule has 0 radical (unpaired) electrons. The van der Waals surface area contributed by atoms with E-state index in [-0.39, 0.29) is 18.0 Å². The maximum atomic E-state index is 13.8. The third-order valence-corrected chi connectivity index (χ3v) is 5.13. The zero-order valence-corrected chi connectivity index (χ0v) is 16.9. The van der Waals surface area contributed by atoms with Crippen LogP contribution >= 0.6 is 15.9 Å². The number of hydrogen-bond donors (Lipinski definition) is 1. The molecule has 0 spiro atoms. The number of benzene rings is 1. The minimum atomic E-state index is -4.40. The molecule has 0 aliphatic carbocycles. The number of piperazine rings is 1. The van der Waals surface area contributed by atoms with Gasteiger partial charge in [0.1, 0.15) is 11.6 Å². The number of hydrogen-bond acceptors (Lipinski definition) is 4. The van der Waals surface area contributed by atoms with E-state index < -0.39 is 17.6 Å². The first-order chi connectivity index (χ1) is 13.7. The molecule has 0 unspecified atom stereocenters. The summed E-state index contributed by atoms with van der Waals surface area (Å²) in [6, 6.07) is 6.82. The molecule has 3 rings (SSSR count). The lowest BCUT2D eigenvalue weighted by molar-refractivity contribution is -0.137. The topological polar surface area (TPSA) is 48.5 Å². The Morgan fingerprint density at radius 3 is 2.45 bits per heavy atom. The maximum absolute atomic E-state index is 13.8. The van der Waals surface area contributed by atoms with Crippen LogP contribution in [0.5, 0.6) is 0 Å². The van der Waals surface area contributed by atoms with E-state index in [1.54, 1.807) is 6.07 Å². The number of aromatic nitrogens is 1. The van der Waals surface area contributed by atoms with Crippen molar-refractivity contribution in [2.24, 2.45) is 0 Å². The molecular weight excluding hydrogens is 456 g/mol. The van der Waals surface area contributed by atoms with Crippen LogP contribution in [0.1, 0.15) is 12.0 Å². The summed E-state index contributed by atoms with van der Waals surface area (Å²) < 4.78 is 52.2. The molecule has 1 N–H and O–H groups in total. The Hall–Kier alpha value is -2.20. The zero-order valence-electron chi connectivity index (χ0n) is 15.3. The third-order valence-electron chi connectivity index (χ3n) is 4.63. The first-order valence-electron chi connectivity index (χ1n) is 8.98. The average molecular weight is 475 g/mol. The highest BCUT2D eigenvalue weighted by atomic mass is 79.9. The van der Waals surface area contributed by atoms with Gasteiger partial charge in [-0.25, -0.2) is 9.37 Å². The van der Waals surface area contributed by atoms with Crippen molar-refractivity contribution in [1.29, 1.82) is 0 Å². The van der Waals surface area contributed by atoms with Gasteiger partial charge in [0.05, 0.1) is 11.3 Å². The Bertz CT molecular complexity index is 852. The summed E-state index contributed by atoms with van der Waals surface area (Å²) in [6.07, 6.45) is -3.34. The number of amides is 1. The van der Waals surface area contributed by atoms with E-state index in [2.05, 4.69) is 31.1 Å². The smallest absolute Gasteiger partial charge is 0.354 e. The van der Waals surface area contributed by atoms with E-state index in [0.717, 1.165) is 12.3 Å². The Labute approximate surface area is 173 Å². The molecule has 10 heteroatoms. The average Bonchev–Trinajstić information content (AvgIpc) is 2.68. The number of nitrogens with one attached hydrogen (secondary N) is 1. The van der Waals surface area contributed by atoms with E-state index in [0.29, 0.717) is 43.0 Å². The Morgan fingerprint density at radius 2 is 1.86 bits per heavy atom. The van der Waals surface area contributed by atoms with Gasteiger partial charge in [-0.05, 0) is 30.3 Å². The van der Waals surface area contributed by atoms with Gasteiger partial charge in [0, 0.05) is 49.8 Å². The van der Waals surface area contributed by atoms with Gasteiger partial charge in [-0.3, -0.25) is 9.69 Å². The number of nitrogens with zero attached hydrogens (tertiary/aromatic N) is 3. The number of carbonyl (C=O) groups excluding carboxylic acids is 1. The van der Waals surface area contributed by atoms with Crippen molar-refractivity contribution >= 4 is 33.3 Å². The minimum absolute atomic E-state index is 0.136. The van der Waals surface area contributed by atoms with Crippen molar-refractivity contribution in [2.45, 2.75) is 12.6 Å². The molecule has 29 heavy (non-hydrogen) atoms. The van der Waals surface area contributed by atoms with E-state index in [4.69, 9.17) is 0 Å². The molecule has 0 atom stereocenters. The molecule has 5 nitrogen and oxygen atoms in total. The van der Waals surface area contributed by atoms with Crippen LogP contribution < -0.4 is 10.2 Å². The largest absolute Gasteiger partial charge is 0.417 e. The lowest BCUT2D eigenvalue weighted by Gasteiger charge is -2.35. The van der Waals surface area contributed by atoms with Gasteiger partial charge >= 0.3 is 6.18 Å². The summed E-state index contributed by atoms with van der Waals surface area (Å²) in [5.41, 5.74) is -0.635. The molecule has 2 aromatic rings. The first-order valence-corrected chi connectivity index (χ1v) is 9.77. The maximum Gasteiger partial charge on any atom is 0.417 e. The minimum Gasteiger partial charge on any atom is -0.354 e. The van der Waals surface area contributed by atoms with Gasteiger partial charge in [-0.15, -0.1) is 0 Å². The molecule has 1 saturated heterocycles. The van der Waals surface area contributed by atoms with Gasteiger partial charge in [0.2, 0.25) is 5.91 Å². The van der Waals surface area contributed by atoms with Crippen LogP contribution in [0.4, 0.5) is 29.1 Å². The summed E-state index contributed by atoms with van der Waals surface area (Å²) in [4.78, 5) is 20.0. The van der Waals surface area contributed by atoms with Crippen LogP contribution in [0, 0.1) is 5.82 Å². The predicted octanol–water partition coefficient (Wildman–Crippen LogP) is 4.15. The molecular formula is C19H19BrF4N4O. The summed E-state index contributed by atoms with van der Waals surface area (Å²) in [7, 11) is 0. The lowest BCUT2D eigenvalue weighted by Crippen LogP contribution is -2.47. The van der Waals surface area contributed by atoms with Crippen molar-refractivity contribution in [3.05, 3.63) is 52.4 Å². The molecule has 1 aromatic carbocycles. The molecule has 2 heterocycles. The summed E-state index contributed by atoms with van der Waals surface area (Å²) in [6.45, 7) is 3.02. The lowest BCUT2D eigenvalue weighted by atomic mass is 10.2. The van der Waals surface area contributed by atoms with Crippen LogP contribution in [0.15, 0.2) is 41.0 Å². The van der Waals surface area contributed by atoms with Crippen LogP contribution in [0.3, 0.4) is 0 Å². The number of pyridine rings is 1. The quantitative estimate of drug-likeness (QED) is 0.661. The van der Waals surface area contributed by atoms with Gasteiger partial charge < -0.3 is 10.2 Å². The monoisotopic (exact) mass is 474 g/mol. The van der Waals surface area contributed by atoms with E-state index in [9.17, 15) is 22.4 Å². The van der Waals surface area contributed by atoms with Crippen molar-refractivity contribution < 1.29 is 22.4 Å². The highest BCUT2D eigenvalue weighted by Crippen LogP contribution is 2.29. The predicted molar refractivity (Wildman–Crippen MR) is 105 cm³/mol. The van der Waals surface area contributed by atoms with Crippen LogP contribution in [-0.4, -0.2) is 48.5 Å². The van der Waals surface area contributed by atoms with Crippen molar-refractivity contribution in [2.75, 3.05) is 42.9 Å². The molecule has 1 aliphatic rings. The number of alkyl halides is 3. The molecule has 0 saturated carbocycles. The molecule has 156 valence electrons. The molecule has 0 bridgehead atoms. The Balaban J connectivity index is 1.44. The number of rotatable bonds is 5. The highest BCUT2D eigenvalue weighted by Gasteiger charge is 2.31. The Morgan fingerprint density at radius 1 is 1.14 bits per heavy atom. The van der Waals surface area contributed by atoms with Crippen LogP contribution in [0.25, 0.3) is 0 Å². The standard InChI is InChI=1S/C19H19BrF4N4O/c20-14-2-3-16(15(21)11-14)26-18(29)5-6-27-7-9-28(10-8-27)17-4-1-13(12-25-17)19(22,23)24/h1-4,11-12H,5-10H2,(H,26,29). The first kappa shape index (κ1) is 21.5. The zero-order chi connectivity index (χ0) is 21.0. The highest BCUT2D eigenvalue weighted by molar-refractivity contribution is 9.10. The molecule has 1 amide bonds. The second-order valence-electron chi connectivity index (χ2n) is 6.65. The molecule has 1 aliphatic heterocycles. The van der Waals surface area contributed by atoms with Crippen LogP contribution in [0.2, 0.25) is 0 Å². The SMILES string of the molecule is O=C(CCN1CCN(c2ccc(C(F)(F)F)cn2)CC1)Nc1ccc(Br)cc1F. The van der Waals surface area contributed by atoms with Gasteiger partial charge in [-0.2, -0.15) is 13.2 Å². The van der Waals surface area contributed by atoms with Crippen molar-refractivity contribution in [3.63, 3.8) is 0 Å². The number of carbonyl (C=O) groups is 1. The fourth-order valence-electron chi connectivity index (χ4n) is 3.00. The van der Waals surface area contributed by atoms with E-state index in [1.165, 1.54) is 18.2 Å². The summed E-state index contributed by atoms with van der Waals surface area (Å²) >= 11 is 3.16.